The lowest BCUT2D eigenvalue weighted by atomic mass is 10.1. The van der Waals surface area contributed by atoms with Gasteiger partial charge in [0.15, 0.2) is 0 Å². The van der Waals surface area contributed by atoms with Crippen molar-refractivity contribution >= 4 is 21.8 Å². The van der Waals surface area contributed by atoms with E-state index in [9.17, 15) is 9.18 Å². The van der Waals surface area contributed by atoms with Gasteiger partial charge in [0.2, 0.25) is 0 Å². The molecule has 1 aromatic carbocycles. The fourth-order valence-corrected chi connectivity index (χ4v) is 1.58. The van der Waals surface area contributed by atoms with Crippen molar-refractivity contribution in [3.8, 4) is 0 Å². The summed E-state index contributed by atoms with van der Waals surface area (Å²) in [5, 5.41) is 11.4. The van der Waals surface area contributed by atoms with Crippen LogP contribution in [0.5, 0.6) is 0 Å². The summed E-state index contributed by atoms with van der Waals surface area (Å²) < 4.78 is 13.5. The van der Waals surface area contributed by atoms with Gasteiger partial charge in [-0.3, -0.25) is 4.79 Å². The van der Waals surface area contributed by atoms with Crippen LogP contribution in [0.15, 0.2) is 22.7 Å². The van der Waals surface area contributed by atoms with E-state index in [2.05, 4.69) is 21.2 Å². The Bertz CT molecular complexity index is 398. The lowest BCUT2D eigenvalue weighted by Crippen LogP contribution is -2.28. The van der Waals surface area contributed by atoms with Crippen molar-refractivity contribution in [2.75, 3.05) is 13.2 Å². The van der Waals surface area contributed by atoms with Gasteiger partial charge in [0, 0.05) is 18.7 Å². The molecule has 0 saturated carbocycles. The van der Waals surface area contributed by atoms with Gasteiger partial charge in [-0.15, -0.1) is 0 Å². The van der Waals surface area contributed by atoms with E-state index in [-0.39, 0.29) is 18.4 Å². The normalized spacial score (nSPS) is 12.2. The Morgan fingerprint density at radius 3 is 2.88 bits per heavy atom. The molecule has 0 aliphatic rings. The first kappa shape index (κ1) is 14.1. The van der Waals surface area contributed by atoms with Gasteiger partial charge in [0.1, 0.15) is 5.82 Å². The predicted octanol–water partition coefficient (Wildman–Crippen LogP) is 2.34. The van der Waals surface area contributed by atoms with E-state index in [1.807, 2.05) is 6.92 Å². The van der Waals surface area contributed by atoms with Gasteiger partial charge >= 0.3 is 0 Å². The number of nitrogens with one attached hydrogen (secondary N) is 1. The maximum absolute atomic E-state index is 13.2. The molecule has 0 radical (unpaired) electrons. The van der Waals surface area contributed by atoms with E-state index in [4.69, 9.17) is 5.11 Å². The number of benzene rings is 1. The lowest BCUT2D eigenvalue weighted by molar-refractivity contribution is 0.0945. The van der Waals surface area contributed by atoms with Gasteiger partial charge in [-0.1, -0.05) is 6.92 Å². The smallest absolute Gasteiger partial charge is 0.251 e. The number of halogens is 2. The number of carbonyl (C=O) groups excluding carboxylic acids is 1. The zero-order valence-corrected chi connectivity index (χ0v) is 11.1. The SMILES string of the molecule is CC(CCO)CNC(=O)c1ccc(Br)c(F)c1. The van der Waals surface area contributed by atoms with Crippen LogP contribution in [0, 0.1) is 11.7 Å². The Hall–Kier alpha value is -0.940. The maximum atomic E-state index is 13.2. The first-order valence-corrected chi connectivity index (χ1v) is 6.18. The first-order chi connectivity index (χ1) is 8.04. The summed E-state index contributed by atoms with van der Waals surface area (Å²) in [5.41, 5.74) is 0.293. The van der Waals surface area contributed by atoms with Crippen molar-refractivity contribution in [3.63, 3.8) is 0 Å². The molecule has 1 amide bonds. The molecule has 0 aliphatic carbocycles. The van der Waals surface area contributed by atoms with Gasteiger partial charge in [0.25, 0.3) is 5.91 Å². The summed E-state index contributed by atoms with van der Waals surface area (Å²) in [5.74, 6) is -0.563. The number of amides is 1. The highest BCUT2D eigenvalue weighted by Crippen LogP contribution is 2.16. The second-order valence-electron chi connectivity index (χ2n) is 3.96. The molecule has 0 heterocycles. The highest BCUT2D eigenvalue weighted by molar-refractivity contribution is 9.10. The van der Waals surface area contributed by atoms with Gasteiger partial charge in [0.05, 0.1) is 4.47 Å². The summed E-state index contributed by atoms with van der Waals surface area (Å²) >= 11 is 3.03. The van der Waals surface area contributed by atoms with E-state index in [1.165, 1.54) is 12.1 Å². The molecule has 1 unspecified atom stereocenters. The average Bonchev–Trinajstić information content (AvgIpc) is 2.30. The van der Waals surface area contributed by atoms with Crippen LogP contribution in [0.2, 0.25) is 0 Å². The average molecular weight is 304 g/mol. The molecule has 1 rings (SSSR count). The van der Waals surface area contributed by atoms with Crippen LogP contribution >= 0.6 is 15.9 Å². The molecule has 1 atom stereocenters. The lowest BCUT2D eigenvalue weighted by Gasteiger charge is -2.11. The van der Waals surface area contributed by atoms with E-state index < -0.39 is 5.82 Å². The predicted molar refractivity (Wildman–Crippen MR) is 67.3 cm³/mol. The molecule has 0 saturated heterocycles. The Balaban J connectivity index is 2.55. The number of rotatable bonds is 5. The molecule has 0 aromatic heterocycles. The third-order valence-electron chi connectivity index (χ3n) is 2.41. The van der Waals surface area contributed by atoms with Crippen LogP contribution in [0.25, 0.3) is 0 Å². The van der Waals surface area contributed by atoms with Crippen LogP contribution < -0.4 is 5.32 Å². The van der Waals surface area contributed by atoms with E-state index in [0.717, 1.165) is 0 Å². The molecular weight excluding hydrogens is 289 g/mol. The van der Waals surface area contributed by atoms with E-state index in [0.29, 0.717) is 23.0 Å². The molecule has 2 N–H and O–H groups in total. The third kappa shape index (κ3) is 4.44. The molecule has 94 valence electrons. The van der Waals surface area contributed by atoms with Gasteiger partial charge < -0.3 is 10.4 Å². The molecule has 3 nitrogen and oxygen atoms in total. The topological polar surface area (TPSA) is 49.3 Å². The van der Waals surface area contributed by atoms with Crippen LogP contribution in [0.1, 0.15) is 23.7 Å². The molecular formula is C12H15BrFNO2. The fraction of sp³-hybridized carbons (Fsp3) is 0.417. The molecule has 0 spiro atoms. The van der Waals surface area contributed by atoms with Crippen LogP contribution in [0.3, 0.4) is 0 Å². The van der Waals surface area contributed by atoms with Crippen molar-refractivity contribution in [1.82, 2.24) is 5.32 Å². The molecule has 0 bridgehead atoms. The Morgan fingerprint density at radius 2 is 2.29 bits per heavy atom. The third-order valence-corrected chi connectivity index (χ3v) is 3.06. The minimum absolute atomic E-state index is 0.101. The fourth-order valence-electron chi connectivity index (χ4n) is 1.33. The number of aliphatic hydroxyl groups excluding tert-OH is 1. The number of hydrogen-bond acceptors (Lipinski definition) is 2. The van der Waals surface area contributed by atoms with Crippen molar-refractivity contribution in [3.05, 3.63) is 34.1 Å². The standard InChI is InChI=1S/C12H15BrFNO2/c1-8(4-5-16)7-15-12(17)9-2-3-10(13)11(14)6-9/h2-3,6,8,16H,4-5,7H2,1H3,(H,15,17). The number of aliphatic hydroxyl groups is 1. The van der Waals surface area contributed by atoms with Crippen LogP contribution in [-0.2, 0) is 0 Å². The Labute approximate surface area is 108 Å². The zero-order valence-electron chi connectivity index (χ0n) is 9.54. The summed E-state index contributed by atoms with van der Waals surface area (Å²) in [7, 11) is 0. The Kier molecular flexibility index (Phi) is 5.58. The molecule has 1 aromatic rings. The Morgan fingerprint density at radius 1 is 1.59 bits per heavy atom. The van der Waals surface area contributed by atoms with Crippen LogP contribution in [0.4, 0.5) is 4.39 Å². The van der Waals surface area contributed by atoms with Crippen molar-refractivity contribution in [2.45, 2.75) is 13.3 Å². The first-order valence-electron chi connectivity index (χ1n) is 5.38. The van der Waals surface area contributed by atoms with E-state index in [1.54, 1.807) is 6.07 Å². The molecule has 5 heteroatoms. The van der Waals surface area contributed by atoms with Crippen molar-refractivity contribution in [2.24, 2.45) is 5.92 Å². The largest absolute Gasteiger partial charge is 0.396 e. The van der Waals surface area contributed by atoms with Crippen LogP contribution in [-0.4, -0.2) is 24.2 Å². The summed E-state index contributed by atoms with van der Waals surface area (Å²) in [6.45, 7) is 2.50. The molecule has 0 fully saturated rings. The van der Waals surface area contributed by atoms with Gasteiger partial charge in [-0.25, -0.2) is 4.39 Å². The van der Waals surface area contributed by atoms with Gasteiger partial charge in [-0.05, 0) is 46.5 Å². The van der Waals surface area contributed by atoms with Gasteiger partial charge in [-0.2, -0.15) is 0 Å². The number of carbonyl (C=O) groups is 1. The molecule has 0 aliphatic heterocycles. The van der Waals surface area contributed by atoms with Crippen molar-refractivity contribution < 1.29 is 14.3 Å². The molecule has 17 heavy (non-hydrogen) atoms. The summed E-state index contributed by atoms with van der Waals surface area (Å²) in [6.07, 6.45) is 0.634. The second-order valence-corrected chi connectivity index (χ2v) is 4.81. The highest BCUT2D eigenvalue weighted by Gasteiger charge is 2.09. The minimum Gasteiger partial charge on any atom is -0.396 e. The number of hydrogen-bond donors (Lipinski definition) is 2. The quantitative estimate of drug-likeness (QED) is 0.877. The zero-order chi connectivity index (χ0) is 12.8. The monoisotopic (exact) mass is 303 g/mol. The summed E-state index contributed by atoms with van der Waals surface area (Å²) in [6, 6.07) is 4.25. The minimum atomic E-state index is -0.457. The van der Waals surface area contributed by atoms with E-state index >= 15 is 0 Å². The van der Waals surface area contributed by atoms with Crippen molar-refractivity contribution in [1.29, 1.82) is 0 Å². The highest BCUT2D eigenvalue weighted by atomic mass is 79.9. The summed E-state index contributed by atoms with van der Waals surface area (Å²) in [4.78, 5) is 11.7. The maximum Gasteiger partial charge on any atom is 0.251 e. The second kappa shape index (κ2) is 6.71.